The molecule has 0 aliphatic carbocycles. The van der Waals surface area contributed by atoms with Crippen LogP contribution in [0.1, 0.15) is 41.5 Å². The van der Waals surface area contributed by atoms with Gasteiger partial charge in [-0.05, 0) is 33.6 Å². The van der Waals surface area contributed by atoms with Crippen molar-refractivity contribution in [3.05, 3.63) is 0 Å². The first-order chi connectivity index (χ1) is 11.1. The number of ether oxygens (including phenoxy) is 1. The van der Waals surface area contributed by atoms with Crippen molar-refractivity contribution >= 4 is 19.8 Å². The van der Waals surface area contributed by atoms with E-state index >= 15 is 0 Å². The first-order valence-electron chi connectivity index (χ1n) is 8.57. The highest BCUT2D eigenvalue weighted by Gasteiger charge is 2.44. The smallest absolute Gasteiger partial charge is 0.147 e. The molecule has 1 heterocycles. The van der Waals surface area contributed by atoms with E-state index in [0.717, 1.165) is 11.8 Å². The Bertz CT molecular complexity index is 436. The van der Waals surface area contributed by atoms with Gasteiger partial charge in [0.15, 0.2) is 0 Å². The highest BCUT2D eigenvalue weighted by atomic mass is 32.2. The molecule has 0 saturated carbocycles. The first-order valence-corrected chi connectivity index (χ1v) is 11.7. The second kappa shape index (κ2) is 9.04. The zero-order chi connectivity index (χ0) is 18.7. The monoisotopic (exact) mass is 376 g/mol. The van der Waals surface area contributed by atoms with E-state index in [0.29, 0.717) is 16.6 Å². The Kier molecular flexibility index (Phi) is 8.27. The SMILES string of the molecule is CC(C)[Si](C#CS[C@@H]1OC(CO)[C@@H](O)C(O)C1O)(C(C)C)C(C)C. The number of hydrogen-bond donors (Lipinski definition) is 4. The van der Waals surface area contributed by atoms with Gasteiger partial charge in [-0.15, -0.1) is 5.54 Å². The van der Waals surface area contributed by atoms with Crippen LogP contribution in [-0.4, -0.2) is 65.0 Å². The van der Waals surface area contributed by atoms with E-state index in [9.17, 15) is 20.4 Å². The lowest BCUT2D eigenvalue weighted by Crippen LogP contribution is -2.57. The quantitative estimate of drug-likeness (QED) is 0.431. The lowest BCUT2D eigenvalue weighted by Gasteiger charge is -2.39. The van der Waals surface area contributed by atoms with E-state index in [-0.39, 0.29) is 0 Å². The van der Waals surface area contributed by atoms with Crippen LogP contribution < -0.4 is 0 Å². The summed E-state index contributed by atoms with van der Waals surface area (Å²) in [7, 11) is -1.87. The summed E-state index contributed by atoms with van der Waals surface area (Å²) in [6, 6.07) is 0. The minimum absolute atomic E-state index is 0.419. The number of thioether (sulfide) groups is 1. The van der Waals surface area contributed by atoms with Gasteiger partial charge in [-0.3, -0.25) is 0 Å². The van der Waals surface area contributed by atoms with Crippen molar-refractivity contribution in [2.24, 2.45) is 0 Å². The van der Waals surface area contributed by atoms with Crippen LogP contribution in [0.2, 0.25) is 16.6 Å². The van der Waals surface area contributed by atoms with Crippen LogP contribution in [0.4, 0.5) is 0 Å². The molecule has 4 N–H and O–H groups in total. The lowest BCUT2D eigenvalue weighted by molar-refractivity contribution is -0.205. The van der Waals surface area contributed by atoms with Crippen molar-refractivity contribution in [3.63, 3.8) is 0 Å². The van der Waals surface area contributed by atoms with Crippen molar-refractivity contribution in [1.29, 1.82) is 0 Å². The van der Waals surface area contributed by atoms with Gasteiger partial charge in [0.25, 0.3) is 0 Å². The fraction of sp³-hybridized carbons (Fsp3) is 0.882. The molecule has 24 heavy (non-hydrogen) atoms. The van der Waals surface area contributed by atoms with Crippen LogP contribution in [0.3, 0.4) is 0 Å². The van der Waals surface area contributed by atoms with Gasteiger partial charge < -0.3 is 25.2 Å². The predicted molar refractivity (Wildman–Crippen MR) is 100 cm³/mol. The Labute approximate surface area is 150 Å². The fourth-order valence-electron chi connectivity index (χ4n) is 3.77. The van der Waals surface area contributed by atoms with Crippen LogP contribution in [0.25, 0.3) is 0 Å². The van der Waals surface area contributed by atoms with Gasteiger partial charge >= 0.3 is 0 Å². The molecule has 7 heteroatoms. The largest absolute Gasteiger partial charge is 0.394 e. The molecule has 0 bridgehead atoms. The van der Waals surface area contributed by atoms with Gasteiger partial charge in [-0.25, -0.2) is 0 Å². The van der Waals surface area contributed by atoms with Crippen molar-refractivity contribution in [1.82, 2.24) is 0 Å². The molecule has 5 atom stereocenters. The second-order valence-corrected chi connectivity index (χ2v) is 13.9. The van der Waals surface area contributed by atoms with Gasteiger partial charge in [0.1, 0.15) is 37.9 Å². The molecule has 0 radical (unpaired) electrons. The zero-order valence-electron chi connectivity index (χ0n) is 15.4. The number of aliphatic hydroxyl groups is 4. The van der Waals surface area contributed by atoms with Crippen LogP contribution in [0, 0.1) is 10.8 Å². The summed E-state index contributed by atoms with van der Waals surface area (Å²) < 4.78 is 5.49. The van der Waals surface area contributed by atoms with E-state index in [1.165, 1.54) is 0 Å². The van der Waals surface area contributed by atoms with E-state index in [1.807, 2.05) is 0 Å². The topological polar surface area (TPSA) is 90.2 Å². The highest BCUT2D eigenvalue weighted by Crippen LogP contribution is 2.41. The average Bonchev–Trinajstić information content (AvgIpc) is 2.50. The summed E-state index contributed by atoms with van der Waals surface area (Å²) in [6.07, 6.45) is -4.80. The maximum absolute atomic E-state index is 10.1. The summed E-state index contributed by atoms with van der Waals surface area (Å²) in [5, 5.41) is 42.1. The predicted octanol–water partition coefficient (Wildman–Crippen LogP) is 1.70. The van der Waals surface area contributed by atoms with Crippen LogP contribution >= 0.6 is 11.8 Å². The maximum Gasteiger partial charge on any atom is 0.147 e. The molecule has 0 spiro atoms. The van der Waals surface area contributed by atoms with Crippen LogP contribution in [0.15, 0.2) is 0 Å². The average molecular weight is 377 g/mol. The van der Waals surface area contributed by atoms with Crippen molar-refractivity contribution in [2.45, 2.75) is 88.0 Å². The van der Waals surface area contributed by atoms with Gasteiger partial charge in [-0.2, -0.15) is 0 Å². The van der Waals surface area contributed by atoms with E-state index < -0.39 is 44.5 Å². The molecule has 1 fully saturated rings. The summed E-state index contributed by atoms with van der Waals surface area (Å²) in [5.41, 5.74) is 4.23. The molecule has 0 aromatic rings. The number of aliphatic hydroxyl groups excluding tert-OH is 4. The van der Waals surface area contributed by atoms with E-state index in [1.54, 1.807) is 0 Å². The number of hydrogen-bond acceptors (Lipinski definition) is 6. The standard InChI is InChI=1S/C17H32O5SSi/c1-10(2)24(11(3)4,12(5)6)8-7-23-17-16(21)15(20)14(19)13(9-18)22-17/h10-21H,9H2,1-6H3/t13?,14-,15?,16?,17+/m1/s1. The molecule has 0 amide bonds. The zero-order valence-corrected chi connectivity index (χ0v) is 17.2. The molecule has 0 aromatic carbocycles. The molecule has 1 rings (SSSR count). The summed E-state index contributed by atoms with van der Waals surface area (Å²) in [4.78, 5) is 0. The third kappa shape index (κ3) is 4.36. The third-order valence-electron chi connectivity index (χ3n) is 5.16. The van der Waals surface area contributed by atoms with Crippen molar-refractivity contribution < 1.29 is 25.2 Å². The molecular formula is C17H32O5SSi. The summed E-state index contributed by atoms with van der Waals surface area (Å²) >= 11 is 1.13. The Balaban J connectivity index is 2.96. The summed E-state index contributed by atoms with van der Waals surface area (Å²) in [6.45, 7) is 12.9. The second-order valence-electron chi connectivity index (χ2n) is 7.44. The molecule has 0 aromatic heterocycles. The Morgan fingerprint density at radius 3 is 1.83 bits per heavy atom. The van der Waals surface area contributed by atoms with Gasteiger partial charge in [0, 0.05) is 0 Å². The van der Waals surface area contributed by atoms with Crippen LogP contribution in [-0.2, 0) is 4.74 Å². The molecule has 1 aliphatic rings. The third-order valence-corrected chi connectivity index (χ3v) is 12.5. The Morgan fingerprint density at radius 2 is 1.42 bits per heavy atom. The maximum atomic E-state index is 10.1. The Hall–Kier alpha value is -0.0731. The molecular weight excluding hydrogens is 344 g/mol. The molecule has 140 valence electrons. The molecule has 1 saturated heterocycles. The van der Waals surface area contributed by atoms with E-state index in [4.69, 9.17) is 4.74 Å². The highest BCUT2D eigenvalue weighted by molar-refractivity contribution is 8.04. The molecule has 3 unspecified atom stereocenters. The van der Waals surface area contributed by atoms with Gasteiger partial charge in [0.2, 0.25) is 0 Å². The van der Waals surface area contributed by atoms with Crippen molar-refractivity contribution in [2.75, 3.05) is 6.61 Å². The normalized spacial score (nSPS) is 31.5. The van der Waals surface area contributed by atoms with Gasteiger partial charge in [0.05, 0.1) is 6.61 Å². The fourth-order valence-corrected chi connectivity index (χ4v) is 10.2. The first kappa shape index (κ1) is 22.0. The minimum atomic E-state index is -1.87. The minimum Gasteiger partial charge on any atom is -0.394 e. The lowest BCUT2D eigenvalue weighted by atomic mass is 10.0. The summed E-state index contributed by atoms with van der Waals surface area (Å²) in [5.74, 6) is 0. The molecule has 1 aliphatic heterocycles. The van der Waals surface area contributed by atoms with E-state index in [2.05, 4.69) is 52.3 Å². The number of rotatable bonds is 5. The van der Waals surface area contributed by atoms with Crippen molar-refractivity contribution in [3.8, 4) is 10.8 Å². The molecule has 5 nitrogen and oxygen atoms in total. The van der Waals surface area contributed by atoms with Gasteiger partial charge in [-0.1, -0.05) is 41.5 Å². The van der Waals surface area contributed by atoms with Crippen LogP contribution in [0.5, 0.6) is 0 Å². The Morgan fingerprint density at radius 1 is 0.917 bits per heavy atom.